The van der Waals surface area contributed by atoms with Crippen LogP contribution in [0.15, 0.2) is 0 Å². The number of nitrogens with one attached hydrogen (secondary N) is 1. The molecule has 1 unspecified atom stereocenters. The highest BCUT2D eigenvalue weighted by Crippen LogP contribution is 2.31. The number of terminal acetylenes is 1. The minimum absolute atomic E-state index is 0.146. The lowest BCUT2D eigenvalue weighted by molar-refractivity contribution is -0.130. The molecule has 0 rings (SSSR count). The molecule has 21 heavy (non-hydrogen) atoms. The Morgan fingerprint density at radius 2 is 1.43 bits per heavy atom. The molecule has 0 aliphatic carbocycles. The normalized spacial score (nSPS) is 13.4. The van der Waals surface area contributed by atoms with E-state index in [1.165, 1.54) is 44.9 Å². The van der Waals surface area contributed by atoms with E-state index in [1.54, 1.807) is 0 Å². The van der Waals surface area contributed by atoms with E-state index in [0.717, 1.165) is 25.7 Å². The van der Waals surface area contributed by atoms with E-state index in [0.29, 0.717) is 6.54 Å². The molecule has 0 aliphatic rings. The number of unbranched alkanes of at least 4 members (excludes halogenated alkanes) is 7. The van der Waals surface area contributed by atoms with Crippen LogP contribution in [-0.4, -0.2) is 12.5 Å². The molecule has 0 heterocycles. The molecule has 0 aromatic rings. The first kappa shape index (κ1) is 20.0. The van der Waals surface area contributed by atoms with Gasteiger partial charge in [0.1, 0.15) is 0 Å². The minimum Gasteiger partial charge on any atom is -0.345 e. The molecule has 2 nitrogen and oxygen atoms in total. The number of carbonyl (C=O) groups excluding carboxylic acids is 1. The van der Waals surface area contributed by atoms with Crippen molar-refractivity contribution < 1.29 is 4.79 Å². The summed E-state index contributed by atoms with van der Waals surface area (Å²) in [6, 6.07) is 0. The van der Waals surface area contributed by atoms with Gasteiger partial charge in [-0.05, 0) is 12.8 Å². The highest BCUT2D eigenvalue weighted by Gasteiger charge is 2.31. The lowest BCUT2D eigenvalue weighted by Gasteiger charge is -2.28. The summed E-state index contributed by atoms with van der Waals surface area (Å²) >= 11 is 0. The molecule has 0 aromatic heterocycles. The summed E-state index contributed by atoms with van der Waals surface area (Å²) in [6.07, 6.45) is 18.3. The van der Waals surface area contributed by atoms with Crippen molar-refractivity contribution in [2.24, 2.45) is 5.41 Å². The van der Waals surface area contributed by atoms with Gasteiger partial charge in [0.05, 0.1) is 6.54 Å². The molecule has 0 aromatic carbocycles. The van der Waals surface area contributed by atoms with Crippen molar-refractivity contribution in [3.63, 3.8) is 0 Å². The van der Waals surface area contributed by atoms with Crippen molar-refractivity contribution in [1.82, 2.24) is 5.32 Å². The molecular formula is C19H35NO. The Balaban J connectivity index is 4.30. The Bertz CT molecular complexity index is 305. The van der Waals surface area contributed by atoms with Gasteiger partial charge in [0.2, 0.25) is 5.91 Å². The van der Waals surface area contributed by atoms with Gasteiger partial charge in [0.15, 0.2) is 0 Å². The molecule has 122 valence electrons. The molecule has 1 atom stereocenters. The fraction of sp³-hybridized carbons (Fsp3) is 0.842. The Labute approximate surface area is 132 Å². The fourth-order valence-electron chi connectivity index (χ4n) is 2.76. The molecule has 0 fully saturated rings. The van der Waals surface area contributed by atoms with Crippen LogP contribution < -0.4 is 5.32 Å². The highest BCUT2D eigenvalue weighted by molar-refractivity contribution is 5.82. The van der Waals surface area contributed by atoms with Crippen molar-refractivity contribution in [2.75, 3.05) is 6.54 Å². The van der Waals surface area contributed by atoms with E-state index in [1.807, 2.05) is 0 Å². The second-order valence-electron chi connectivity index (χ2n) is 6.42. The van der Waals surface area contributed by atoms with Crippen molar-refractivity contribution >= 4 is 5.91 Å². The molecule has 2 heteroatoms. The van der Waals surface area contributed by atoms with Crippen LogP contribution in [0.1, 0.15) is 91.4 Å². The summed E-state index contributed by atoms with van der Waals surface area (Å²) in [5, 5.41) is 2.89. The molecule has 0 bridgehead atoms. The summed E-state index contributed by atoms with van der Waals surface area (Å²) in [4.78, 5) is 12.4. The van der Waals surface area contributed by atoms with Crippen LogP contribution >= 0.6 is 0 Å². The second kappa shape index (κ2) is 12.7. The zero-order chi connectivity index (χ0) is 16.0. The molecule has 0 saturated carbocycles. The van der Waals surface area contributed by atoms with Crippen LogP contribution in [0.25, 0.3) is 0 Å². The largest absolute Gasteiger partial charge is 0.345 e. The van der Waals surface area contributed by atoms with Crippen LogP contribution in [0.3, 0.4) is 0 Å². The third-order valence-electron chi connectivity index (χ3n) is 4.31. The molecular weight excluding hydrogens is 258 g/mol. The van der Waals surface area contributed by atoms with Crippen molar-refractivity contribution in [3.8, 4) is 12.3 Å². The topological polar surface area (TPSA) is 29.1 Å². The van der Waals surface area contributed by atoms with Gasteiger partial charge >= 0.3 is 0 Å². The van der Waals surface area contributed by atoms with E-state index in [2.05, 4.69) is 32.0 Å². The van der Waals surface area contributed by atoms with Crippen LogP contribution in [-0.2, 0) is 4.79 Å². The zero-order valence-electron chi connectivity index (χ0n) is 14.5. The zero-order valence-corrected chi connectivity index (χ0v) is 14.5. The number of amides is 1. The second-order valence-corrected chi connectivity index (χ2v) is 6.42. The first-order valence-electron chi connectivity index (χ1n) is 8.82. The monoisotopic (exact) mass is 293 g/mol. The van der Waals surface area contributed by atoms with E-state index >= 15 is 0 Å². The third-order valence-corrected chi connectivity index (χ3v) is 4.31. The van der Waals surface area contributed by atoms with Gasteiger partial charge in [-0.1, -0.05) is 84.5 Å². The quantitative estimate of drug-likeness (QED) is 0.372. The third kappa shape index (κ3) is 9.56. The predicted molar refractivity (Wildman–Crippen MR) is 92.1 cm³/mol. The van der Waals surface area contributed by atoms with E-state index < -0.39 is 0 Å². The molecule has 0 spiro atoms. The van der Waals surface area contributed by atoms with Gasteiger partial charge in [-0.25, -0.2) is 0 Å². The maximum Gasteiger partial charge on any atom is 0.226 e. The average Bonchev–Trinajstić information content (AvgIpc) is 2.49. The number of hydrogen-bond acceptors (Lipinski definition) is 1. The fourth-order valence-corrected chi connectivity index (χ4v) is 2.76. The first-order chi connectivity index (χ1) is 10.1. The van der Waals surface area contributed by atoms with Gasteiger partial charge < -0.3 is 5.32 Å². The Kier molecular flexibility index (Phi) is 12.2. The van der Waals surface area contributed by atoms with Crippen molar-refractivity contribution in [1.29, 1.82) is 0 Å². The van der Waals surface area contributed by atoms with Crippen LogP contribution in [0, 0.1) is 17.8 Å². The number of hydrogen-bond donors (Lipinski definition) is 1. The lowest BCUT2D eigenvalue weighted by atomic mass is 9.78. The van der Waals surface area contributed by atoms with Crippen molar-refractivity contribution in [3.05, 3.63) is 0 Å². The minimum atomic E-state index is -0.239. The van der Waals surface area contributed by atoms with Gasteiger partial charge in [0, 0.05) is 5.41 Å². The Hall–Kier alpha value is -0.970. The van der Waals surface area contributed by atoms with Crippen molar-refractivity contribution in [2.45, 2.75) is 91.4 Å². The summed E-state index contributed by atoms with van der Waals surface area (Å²) in [5.41, 5.74) is -0.239. The van der Waals surface area contributed by atoms with E-state index in [4.69, 9.17) is 6.42 Å². The lowest BCUT2D eigenvalue weighted by Crippen LogP contribution is -2.39. The first-order valence-corrected chi connectivity index (χ1v) is 8.82. The maximum atomic E-state index is 12.4. The summed E-state index contributed by atoms with van der Waals surface area (Å²) in [6.45, 7) is 6.90. The molecule has 1 amide bonds. The van der Waals surface area contributed by atoms with E-state index in [-0.39, 0.29) is 11.3 Å². The van der Waals surface area contributed by atoms with E-state index in [9.17, 15) is 4.79 Å². The summed E-state index contributed by atoms with van der Waals surface area (Å²) < 4.78 is 0. The summed E-state index contributed by atoms with van der Waals surface area (Å²) in [5.74, 6) is 2.64. The number of rotatable bonds is 13. The van der Waals surface area contributed by atoms with Crippen LogP contribution in [0.5, 0.6) is 0 Å². The standard InChI is InChI=1S/C19H35NO/c1-5-8-10-12-14-16-19(4,15-13-11-9-6-2)18(21)20-17-7-3/h3H,5-6,8-17H2,1-2,4H3,(H,20,21). The SMILES string of the molecule is C#CCNC(=O)C(C)(CCCCCC)CCCCCCC. The molecule has 0 aliphatic heterocycles. The van der Waals surface area contributed by atoms with Crippen LogP contribution in [0.2, 0.25) is 0 Å². The van der Waals surface area contributed by atoms with Gasteiger partial charge in [0.25, 0.3) is 0 Å². The molecule has 0 radical (unpaired) electrons. The average molecular weight is 293 g/mol. The highest BCUT2D eigenvalue weighted by atomic mass is 16.2. The Morgan fingerprint density at radius 1 is 0.952 bits per heavy atom. The van der Waals surface area contributed by atoms with Gasteiger partial charge in [-0.15, -0.1) is 6.42 Å². The smallest absolute Gasteiger partial charge is 0.226 e. The number of carbonyl (C=O) groups is 1. The molecule has 0 saturated heterocycles. The predicted octanol–water partition coefficient (Wildman–Crippen LogP) is 5.07. The maximum absolute atomic E-state index is 12.4. The Morgan fingerprint density at radius 3 is 1.90 bits per heavy atom. The van der Waals surface area contributed by atoms with Gasteiger partial charge in [-0.3, -0.25) is 4.79 Å². The molecule has 1 N–H and O–H groups in total. The van der Waals surface area contributed by atoms with Crippen LogP contribution in [0.4, 0.5) is 0 Å². The van der Waals surface area contributed by atoms with Gasteiger partial charge in [-0.2, -0.15) is 0 Å². The summed E-state index contributed by atoms with van der Waals surface area (Å²) in [7, 11) is 0.